The molecule has 0 saturated heterocycles. The minimum Gasteiger partial charge on any atom is -0.469 e. The smallest absolute Gasteiger partial charge is 0.105 e. The van der Waals surface area contributed by atoms with E-state index in [1.54, 1.807) is 6.26 Å². The zero-order valence-electron chi connectivity index (χ0n) is 12.0. The zero-order valence-corrected chi connectivity index (χ0v) is 12.0. The number of ether oxygens (including phenoxy) is 1. The van der Waals surface area contributed by atoms with Gasteiger partial charge in [0, 0.05) is 13.0 Å². The van der Waals surface area contributed by atoms with E-state index in [-0.39, 0.29) is 11.6 Å². The summed E-state index contributed by atoms with van der Waals surface area (Å²) in [6.45, 7) is 5.10. The van der Waals surface area contributed by atoms with E-state index >= 15 is 0 Å². The lowest BCUT2D eigenvalue weighted by atomic mass is 9.74. The van der Waals surface area contributed by atoms with E-state index in [9.17, 15) is 0 Å². The molecule has 4 heteroatoms. The quantitative estimate of drug-likeness (QED) is 0.614. The third-order valence-electron chi connectivity index (χ3n) is 4.37. The van der Waals surface area contributed by atoms with Crippen molar-refractivity contribution in [2.75, 3.05) is 6.61 Å². The lowest BCUT2D eigenvalue weighted by Gasteiger charge is -2.44. The molecule has 0 aliphatic heterocycles. The van der Waals surface area contributed by atoms with Gasteiger partial charge in [0.15, 0.2) is 0 Å². The van der Waals surface area contributed by atoms with Crippen molar-refractivity contribution >= 4 is 0 Å². The Morgan fingerprint density at radius 1 is 1.53 bits per heavy atom. The molecule has 19 heavy (non-hydrogen) atoms. The summed E-state index contributed by atoms with van der Waals surface area (Å²) in [6.07, 6.45) is 7.03. The third kappa shape index (κ3) is 3.38. The van der Waals surface area contributed by atoms with Crippen LogP contribution in [0.4, 0.5) is 0 Å². The number of nitrogens with one attached hydrogen (secondary N) is 1. The predicted octanol–water partition coefficient (Wildman–Crippen LogP) is 2.64. The highest BCUT2D eigenvalue weighted by Gasteiger charge is 2.42. The van der Waals surface area contributed by atoms with Gasteiger partial charge in [-0.15, -0.1) is 0 Å². The fourth-order valence-electron chi connectivity index (χ4n) is 3.16. The Morgan fingerprint density at radius 3 is 2.79 bits per heavy atom. The molecule has 4 nitrogen and oxygen atoms in total. The SMILES string of the molecule is CCOC1(C(Cc2ccco2)NN)CCC(C)CC1. The summed E-state index contributed by atoms with van der Waals surface area (Å²) in [5.41, 5.74) is 2.82. The third-order valence-corrected chi connectivity index (χ3v) is 4.37. The second-order valence-corrected chi connectivity index (χ2v) is 5.68. The summed E-state index contributed by atoms with van der Waals surface area (Å²) in [6, 6.07) is 4.01. The highest BCUT2D eigenvalue weighted by atomic mass is 16.5. The molecule has 0 radical (unpaired) electrons. The second kappa shape index (κ2) is 6.55. The maximum atomic E-state index is 6.14. The van der Waals surface area contributed by atoms with Crippen molar-refractivity contribution in [3.05, 3.63) is 24.2 Å². The van der Waals surface area contributed by atoms with Crippen molar-refractivity contribution in [3.63, 3.8) is 0 Å². The average molecular weight is 266 g/mol. The van der Waals surface area contributed by atoms with E-state index in [2.05, 4.69) is 19.3 Å². The molecule has 0 bridgehead atoms. The summed E-state index contributed by atoms with van der Waals surface area (Å²) < 4.78 is 11.6. The van der Waals surface area contributed by atoms with Crippen molar-refractivity contribution in [1.82, 2.24) is 5.43 Å². The first kappa shape index (κ1) is 14.6. The number of hydrogen-bond donors (Lipinski definition) is 2. The van der Waals surface area contributed by atoms with Gasteiger partial charge >= 0.3 is 0 Å². The minimum absolute atomic E-state index is 0.103. The van der Waals surface area contributed by atoms with Crippen LogP contribution < -0.4 is 11.3 Å². The number of hydrazine groups is 1. The molecule has 1 atom stereocenters. The number of nitrogens with two attached hydrogens (primary N) is 1. The highest BCUT2D eigenvalue weighted by molar-refractivity contribution is 5.06. The lowest BCUT2D eigenvalue weighted by molar-refractivity contribution is -0.0969. The van der Waals surface area contributed by atoms with E-state index in [1.165, 1.54) is 12.8 Å². The van der Waals surface area contributed by atoms with Gasteiger partial charge in [0.25, 0.3) is 0 Å². The van der Waals surface area contributed by atoms with Crippen LogP contribution in [0.2, 0.25) is 0 Å². The summed E-state index contributed by atoms with van der Waals surface area (Å²) >= 11 is 0. The molecule has 1 aliphatic carbocycles. The van der Waals surface area contributed by atoms with Crippen LogP contribution in [0.1, 0.15) is 45.3 Å². The van der Waals surface area contributed by atoms with Gasteiger partial charge in [-0.25, -0.2) is 0 Å². The number of furan rings is 1. The summed E-state index contributed by atoms with van der Waals surface area (Å²) in [5.74, 6) is 7.55. The van der Waals surface area contributed by atoms with E-state index < -0.39 is 0 Å². The van der Waals surface area contributed by atoms with Gasteiger partial charge in [-0.05, 0) is 50.7 Å². The van der Waals surface area contributed by atoms with Gasteiger partial charge in [0.05, 0.1) is 17.9 Å². The van der Waals surface area contributed by atoms with Crippen LogP contribution in [0.5, 0.6) is 0 Å². The van der Waals surface area contributed by atoms with Gasteiger partial charge in [-0.1, -0.05) is 6.92 Å². The van der Waals surface area contributed by atoms with Crippen molar-refractivity contribution in [1.29, 1.82) is 0 Å². The van der Waals surface area contributed by atoms with E-state index in [0.29, 0.717) is 0 Å². The van der Waals surface area contributed by atoms with E-state index in [4.69, 9.17) is 15.0 Å². The highest BCUT2D eigenvalue weighted by Crippen LogP contribution is 2.38. The molecule has 0 amide bonds. The van der Waals surface area contributed by atoms with Gasteiger partial charge < -0.3 is 9.15 Å². The fourth-order valence-corrected chi connectivity index (χ4v) is 3.16. The van der Waals surface area contributed by atoms with Crippen molar-refractivity contribution in [2.24, 2.45) is 11.8 Å². The van der Waals surface area contributed by atoms with Crippen LogP contribution in [0, 0.1) is 5.92 Å². The Balaban J connectivity index is 2.10. The molecule has 1 fully saturated rings. The van der Waals surface area contributed by atoms with Gasteiger partial charge in [0.1, 0.15) is 5.76 Å². The molecule has 1 aromatic heterocycles. The second-order valence-electron chi connectivity index (χ2n) is 5.68. The van der Waals surface area contributed by atoms with Crippen LogP contribution >= 0.6 is 0 Å². The Hall–Kier alpha value is -0.840. The molecule has 2 rings (SSSR count). The van der Waals surface area contributed by atoms with Crippen molar-refractivity contribution < 1.29 is 9.15 Å². The Labute approximate surface area is 115 Å². The van der Waals surface area contributed by atoms with Crippen molar-refractivity contribution in [2.45, 2.75) is 57.6 Å². The van der Waals surface area contributed by atoms with Gasteiger partial charge in [-0.3, -0.25) is 11.3 Å². The first-order valence-corrected chi connectivity index (χ1v) is 7.32. The molecular weight excluding hydrogens is 240 g/mol. The fraction of sp³-hybridized carbons (Fsp3) is 0.733. The predicted molar refractivity (Wildman–Crippen MR) is 75.5 cm³/mol. The lowest BCUT2D eigenvalue weighted by Crippen LogP contribution is -2.57. The maximum absolute atomic E-state index is 6.14. The standard InChI is InChI=1S/C15H26N2O2/c1-3-19-15(8-6-12(2)7-9-15)14(17-16)11-13-5-4-10-18-13/h4-5,10,12,14,17H,3,6-9,11,16H2,1-2H3. The molecule has 108 valence electrons. The topological polar surface area (TPSA) is 60.4 Å². The van der Waals surface area contributed by atoms with Crippen molar-refractivity contribution in [3.8, 4) is 0 Å². The Bertz CT molecular complexity index is 356. The Kier molecular flexibility index (Phi) is 5.02. The first-order valence-electron chi connectivity index (χ1n) is 7.32. The molecule has 0 aromatic carbocycles. The van der Waals surface area contributed by atoms with E-state index in [0.717, 1.165) is 37.5 Å². The molecule has 1 aliphatic rings. The zero-order chi connectivity index (χ0) is 13.7. The molecule has 1 saturated carbocycles. The number of rotatable bonds is 6. The summed E-state index contributed by atoms with van der Waals surface area (Å²) in [4.78, 5) is 0. The molecule has 1 unspecified atom stereocenters. The minimum atomic E-state index is -0.150. The average Bonchev–Trinajstić information content (AvgIpc) is 2.92. The van der Waals surface area contributed by atoms with Crippen LogP contribution in [-0.4, -0.2) is 18.2 Å². The molecule has 0 spiro atoms. The first-order chi connectivity index (χ1) is 9.20. The largest absolute Gasteiger partial charge is 0.469 e. The van der Waals surface area contributed by atoms with Gasteiger partial charge in [0.2, 0.25) is 0 Å². The maximum Gasteiger partial charge on any atom is 0.105 e. The molecular formula is C15H26N2O2. The normalized spacial score (nSPS) is 29.3. The van der Waals surface area contributed by atoms with Gasteiger partial charge in [-0.2, -0.15) is 0 Å². The number of hydrogen-bond acceptors (Lipinski definition) is 4. The van der Waals surface area contributed by atoms with E-state index in [1.807, 2.05) is 12.1 Å². The summed E-state index contributed by atoms with van der Waals surface area (Å²) in [7, 11) is 0. The van der Waals surface area contributed by atoms with Crippen LogP contribution in [0.3, 0.4) is 0 Å². The molecule has 3 N–H and O–H groups in total. The van der Waals surface area contributed by atoms with Crippen LogP contribution in [-0.2, 0) is 11.2 Å². The van der Waals surface area contributed by atoms with Crippen LogP contribution in [0.25, 0.3) is 0 Å². The van der Waals surface area contributed by atoms with Crippen LogP contribution in [0.15, 0.2) is 22.8 Å². The Morgan fingerprint density at radius 2 is 2.26 bits per heavy atom. The summed E-state index contributed by atoms with van der Waals surface area (Å²) in [5, 5.41) is 0. The molecule has 1 heterocycles. The molecule has 1 aromatic rings. The monoisotopic (exact) mass is 266 g/mol.